The number of carbonyl (C=O) groups is 3. The summed E-state index contributed by atoms with van der Waals surface area (Å²) in [5, 5.41) is 12.6. The number of amides is 2. The Hall–Kier alpha value is -2.98. The van der Waals surface area contributed by atoms with E-state index < -0.39 is 5.97 Å². The SMILES string of the molecule is CO[C@H]1C[C@@H](COC2CCC(C(=O)O)CC2)N(C(=O)Cc2cc(Cl)c(NC(=O)C3=Nc4ccccc43)cc2Cl)C1. The Bertz CT molecular complexity index is 1340. The lowest BCUT2D eigenvalue weighted by atomic mass is 9.87. The Labute approximate surface area is 242 Å². The number of hydrogen-bond donors (Lipinski definition) is 2. The third-order valence-electron chi connectivity index (χ3n) is 7.91. The van der Waals surface area contributed by atoms with E-state index in [0.717, 1.165) is 11.3 Å². The standard InChI is InChI=1S/C29H31Cl2N3O6/c1-39-20-12-18(15-40-19-8-6-16(7-9-19)29(37)38)34(14-20)26(35)11-17-10-23(31)25(13-22(17)30)33-28(36)27-21-4-2-3-5-24(21)32-27/h2-5,10,13,16,18-20H,6-9,11-12,14-15H2,1H3,(H,33,36)(H,37,38)/t16?,18-,19?,20-/m0/s1. The van der Waals surface area contributed by atoms with Crippen molar-refractivity contribution in [3.05, 3.63) is 57.6 Å². The molecule has 3 aliphatic rings. The summed E-state index contributed by atoms with van der Waals surface area (Å²) in [4.78, 5) is 43.3. The number of carboxylic acids is 1. The minimum absolute atomic E-state index is 0.00969. The van der Waals surface area contributed by atoms with Crippen molar-refractivity contribution in [3.8, 4) is 0 Å². The van der Waals surface area contributed by atoms with Crippen LogP contribution in [0, 0.1) is 5.92 Å². The normalized spacial score (nSPS) is 23.7. The molecule has 2 atom stereocenters. The van der Waals surface area contributed by atoms with E-state index in [4.69, 9.17) is 32.7 Å². The zero-order valence-corrected chi connectivity index (χ0v) is 23.6. The topological polar surface area (TPSA) is 118 Å². The molecule has 212 valence electrons. The van der Waals surface area contributed by atoms with Crippen LogP contribution in [-0.2, 0) is 30.3 Å². The molecule has 1 saturated heterocycles. The van der Waals surface area contributed by atoms with Crippen LogP contribution in [0.15, 0.2) is 41.4 Å². The number of hydrogen-bond acceptors (Lipinski definition) is 6. The third-order valence-corrected chi connectivity index (χ3v) is 8.57. The summed E-state index contributed by atoms with van der Waals surface area (Å²) >= 11 is 13.0. The molecule has 0 bridgehead atoms. The number of aliphatic imine (C=N–C) groups is 1. The number of nitrogens with one attached hydrogen (secondary N) is 1. The van der Waals surface area contributed by atoms with Crippen LogP contribution < -0.4 is 5.32 Å². The Morgan fingerprint density at radius 2 is 1.82 bits per heavy atom. The maximum absolute atomic E-state index is 13.4. The van der Waals surface area contributed by atoms with Gasteiger partial charge in [-0.3, -0.25) is 14.4 Å². The first-order valence-electron chi connectivity index (χ1n) is 13.4. The number of nitrogens with zero attached hydrogens (tertiary/aromatic N) is 2. The highest BCUT2D eigenvalue weighted by atomic mass is 35.5. The second-order valence-electron chi connectivity index (χ2n) is 10.5. The predicted molar refractivity (Wildman–Crippen MR) is 152 cm³/mol. The van der Waals surface area contributed by atoms with Crippen molar-refractivity contribution in [2.24, 2.45) is 10.9 Å². The molecule has 2 aliphatic heterocycles. The van der Waals surface area contributed by atoms with E-state index in [2.05, 4.69) is 10.3 Å². The van der Waals surface area contributed by atoms with E-state index in [-0.39, 0.29) is 47.4 Å². The summed E-state index contributed by atoms with van der Waals surface area (Å²) < 4.78 is 11.7. The largest absolute Gasteiger partial charge is 0.481 e. The van der Waals surface area contributed by atoms with Crippen LogP contribution in [0.2, 0.25) is 10.0 Å². The van der Waals surface area contributed by atoms with Crippen LogP contribution in [0.1, 0.15) is 43.2 Å². The van der Waals surface area contributed by atoms with Crippen LogP contribution in [0.4, 0.5) is 11.4 Å². The van der Waals surface area contributed by atoms with E-state index in [1.54, 1.807) is 24.1 Å². The molecule has 2 fully saturated rings. The van der Waals surface area contributed by atoms with Gasteiger partial charge < -0.3 is 24.8 Å². The number of methoxy groups -OCH3 is 1. The molecule has 2 aromatic carbocycles. The van der Waals surface area contributed by atoms with Crippen molar-refractivity contribution in [1.82, 2.24) is 4.90 Å². The van der Waals surface area contributed by atoms with E-state index in [0.29, 0.717) is 67.2 Å². The maximum atomic E-state index is 13.4. The molecule has 2 amide bonds. The molecule has 0 radical (unpaired) electrons. The van der Waals surface area contributed by atoms with Crippen molar-refractivity contribution in [1.29, 1.82) is 0 Å². The van der Waals surface area contributed by atoms with Crippen molar-refractivity contribution in [2.45, 2.75) is 56.8 Å². The second-order valence-corrected chi connectivity index (χ2v) is 11.3. The van der Waals surface area contributed by atoms with E-state index in [1.165, 1.54) is 0 Å². The fourth-order valence-corrected chi connectivity index (χ4v) is 6.03. The van der Waals surface area contributed by atoms with Crippen LogP contribution >= 0.6 is 23.2 Å². The highest BCUT2D eigenvalue weighted by Crippen LogP contribution is 2.34. The van der Waals surface area contributed by atoms with Crippen LogP contribution in [0.3, 0.4) is 0 Å². The fourth-order valence-electron chi connectivity index (χ4n) is 5.57. The zero-order valence-electron chi connectivity index (χ0n) is 22.1. The van der Waals surface area contributed by atoms with Gasteiger partial charge in [0.1, 0.15) is 5.71 Å². The van der Waals surface area contributed by atoms with Gasteiger partial charge in [-0.15, -0.1) is 0 Å². The first-order chi connectivity index (χ1) is 19.2. The molecule has 0 aromatic heterocycles. The molecule has 0 spiro atoms. The molecule has 1 aliphatic carbocycles. The molecule has 1 saturated carbocycles. The zero-order chi connectivity index (χ0) is 28.4. The first-order valence-corrected chi connectivity index (χ1v) is 14.1. The van der Waals surface area contributed by atoms with Gasteiger partial charge in [-0.25, -0.2) is 4.99 Å². The van der Waals surface area contributed by atoms with Crippen molar-refractivity contribution in [3.63, 3.8) is 0 Å². The van der Waals surface area contributed by atoms with Gasteiger partial charge in [0.2, 0.25) is 5.91 Å². The van der Waals surface area contributed by atoms with Crippen LogP contribution in [-0.4, -0.2) is 72.0 Å². The van der Waals surface area contributed by atoms with Gasteiger partial charge >= 0.3 is 5.97 Å². The lowest BCUT2D eigenvalue weighted by Gasteiger charge is -2.30. The summed E-state index contributed by atoms with van der Waals surface area (Å²) in [6, 6.07) is 10.4. The monoisotopic (exact) mass is 587 g/mol. The van der Waals surface area contributed by atoms with Crippen LogP contribution in [0.25, 0.3) is 0 Å². The smallest absolute Gasteiger partial charge is 0.306 e. The Morgan fingerprint density at radius 1 is 1.07 bits per heavy atom. The molecule has 2 N–H and O–H groups in total. The lowest BCUT2D eigenvalue weighted by Crippen LogP contribution is -2.40. The van der Waals surface area contributed by atoms with Crippen molar-refractivity contribution in [2.75, 3.05) is 25.6 Å². The molecule has 5 rings (SSSR count). The predicted octanol–water partition coefficient (Wildman–Crippen LogP) is 4.88. The maximum Gasteiger partial charge on any atom is 0.306 e. The van der Waals surface area contributed by atoms with Gasteiger partial charge in [0.05, 0.1) is 53.6 Å². The van der Waals surface area contributed by atoms with Gasteiger partial charge in [-0.2, -0.15) is 0 Å². The number of carboxylic acid groups (broad SMARTS) is 1. The van der Waals surface area contributed by atoms with Crippen LogP contribution in [0.5, 0.6) is 0 Å². The number of carbonyl (C=O) groups excluding carboxylic acids is 2. The molecule has 40 heavy (non-hydrogen) atoms. The number of halogens is 2. The van der Waals surface area contributed by atoms with Gasteiger partial charge in [0.25, 0.3) is 5.91 Å². The second kappa shape index (κ2) is 12.3. The summed E-state index contributed by atoms with van der Waals surface area (Å²) in [5.41, 5.74) is 2.75. The van der Waals surface area contributed by atoms with E-state index in [9.17, 15) is 19.5 Å². The van der Waals surface area contributed by atoms with Gasteiger partial charge in [-0.1, -0.05) is 41.4 Å². The molecule has 9 nitrogen and oxygen atoms in total. The van der Waals surface area contributed by atoms with E-state index >= 15 is 0 Å². The Balaban J connectivity index is 1.19. The fraction of sp³-hybridized carbons (Fsp3) is 0.448. The average Bonchev–Trinajstić information content (AvgIpc) is 3.35. The Morgan fingerprint density at radius 3 is 2.52 bits per heavy atom. The molecule has 0 unspecified atom stereocenters. The quantitative estimate of drug-likeness (QED) is 0.431. The highest BCUT2D eigenvalue weighted by Gasteiger charge is 2.37. The molecular weight excluding hydrogens is 557 g/mol. The van der Waals surface area contributed by atoms with Crippen molar-refractivity contribution >= 4 is 58.1 Å². The minimum atomic E-state index is -0.748. The minimum Gasteiger partial charge on any atom is -0.481 e. The number of para-hydroxylation sites is 1. The number of fused-ring (bicyclic) bond motifs is 1. The summed E-state index contributed by atoms with van der Waals surface area (Å²) in [5.74, 6) is -1.57. The Kier molecular flexibility index (Phi) is 8.75. The van der Waals surface area contributed by atoms with Crippen molar-refractivity contribution < 1.29 is 29.0 Å². The average molecular weight is 588 g/mol. The summed E-state index contributed by atoms with van der Waals surface area (Å²) in [7, 11) is 1.63. The molecule has 2 heterocycles. The number of aliphatic carboxylic acids is 1. The highest BCUT2D eigenvalue weighted by molar-refractivity contribution is 6.53. The third kappa shape index (κ3) is 6.17. The lowest BCUT2D eigenvalue weighted by molar-refractivity contribution is -0.144. The van der Waals surface area contributed by atoms with Gasteiger partial charge in [0, 0.05) is 24.2 Å². The molecule has 11 heteroatoms. The molecule has 2 aromatic rings. The number of ether oxygens (including phenoxy) is 2. The molecular formula is C29H31Cl2N3O6. The number of rotatable bonds is 9. The number of anilines is 1. The summed E-state index contributed by atoms with van der Waals surface area (Å²) in [6.07, 6.45) is 3.17. The van der Waals surface area contributed by atoms with E-state index in [1.807, 2.05) is 24.3 Å². The van der Waals surface area contributed by atoms with Gasteiger partial charge in [-0.05, 0) is 55.9 Å². The first kappa shape index (κ1) is 28.5. The number of benzene rings is 2. The summed E-state index contributed by atoms with van der Waals surface area (Å²) in [6.45, 7) is 0.804. The number of likely N-dealkylation sites (tertiary alicyclic amines) is 1. The van der Waals surface area contributed by atoms with Gasteiger partial charge in [0.15, 0.2) is 0 Å².